The van der Waals surface area contributed by atoms with Crippen LogP contribution >= 0.6 is 0 Å². The fourth-order valence-electron chi connectivity index (χ4n) is 5.75. The van der Waals surface area contributed by atoms with E-state index in [2.05, 4.69) is 56.2 Å². The van der Waals surface area contributed by atoms with Gasteiger partial charge in [-0.2, -0.15) is 0 Å². The van der Waals surface area contributed by atoms with Crippen LogP contribution in [0.3, 0.4) is 0 Å². The first-order chi connectivity index (χ1) is 18.2. The number of benzene rings is 2. The van der Waals surface area contributed by atoms with Crippen molar-refractivity contribution in [1.82, 2.24) is 24.4 Å². The summed E-state index contributed by atoms with van der Waals surface area (Å²) in [5.74, 6) is 2.68. The zero-order chi connectivity index (χ0) is 24.8. The second-order valence-electron chi connectivity index (χ2n) is 10.1. The molecule has 5 aromatic rings. The quantitative estimate of drug-likeness (QED) is 0.270. The van der Waals surface area contributed by atoms with E-state index in [0.29, 0.717) is 5.82 Å². The molecule has 0 radical (unpaired) electrons. The van der Waals surface area contributed by atoms with Crippen LogP contribution in [0.5, 0.6) is 0 Å². The van der Waals surface area contributed by atoms with Crippen molar-refractivity contribution in [2.75, 3.05) is 31.9 Å². The fourth-order valence-corrected chi connectivity index (χ4v) is 5.75. The van der Waals surface area contributed by atoms with Crippen molar-refractivity contribution in [3.8, 4) is 28.3 Å². The smallest absolute Gasteiger partial charge is 0.165 e. The van der Waals surface area contributed by atoms with Gasteiger partial charge < -0.3 is 11.1 Å². The molecule has 0 aliphatic carbocycles. The Labute approximate surface area is 216 Å². The van der Waals surface area contributed by atoms with Crippen LogP contribution in [0.25, 0.3) is 44.8 Å². The number of hydrogen-bond donors (Lipinski definition) is 1. The van der Waals surface area contributed by atoms with Gasteiger partial charge in [0.15, 0.2) is 11.5 Å². The Morgan fingerprint density at radius 3 is 2.34 bits per heavy atom. The predicted octanol–water partition coefficient (Wildman–Crippen LogP) is 5.17. The third-order valence-corrected chi connectivity index (χ3v) is 7.63. The SMILES string of the molecule is Nc1ncccc1-c1nc2ccc(-c3ccccc3)nc2n1-c1ccc(CN2C[C@H]3C[N-]C[C@H]3C2)cc1.[Cm]. The Balaban J connectivity index is 0.00000264. The molecule has 7 rings (SSSR count). The second-order valence-corrected chi connectivity index (χ2v) is 10.1. The van der Waals surface area contributed by atoms with Crippen LogP contribution in [0.4, 0.5) is 5.82 Å². The largest absolute Gasteiger partial charge is 0.662 e. The zero-order valence-electron chi connectivity index (χ0n) is 20.9. The number of fused-ring (bicyclic) bond motifs is 2. The maximum Gasteiger partial charge on any atom is 0.165 e. The summed E-state index contributed by atoms with van der Waals surface area (Å²) in [6, 6.07) is 26.9. The summed E-state index contributed by atoms with van der Waals surface area (Å²) < 4.78 is 2.10. The van der Waals surface area contributed by atoms with E-state index in [1.54, 1.807) is 6.20 Å². The van der Waals surface area contributed by atoms with Gasteiger partial charge in [-0.25, -0.2) is 15.0 Å². The maximum absolute atomic E-state index is 6.30. The first-order valence-electron chi connectivity index (χ1n) is 12.8. The molecule has 2 N–H and O–H groups in total. The Morgan fingerprint density at radius 2 is 1.61 bits per heavy atom. The van der Waals surface area contributed by atoms with E-state index >= 15 is 0 Å². The van der Waals surface area contributed by atoms with Crippen LogP contribution in [-0.2, 0) is 6.54 Å². The Morgan fingerprint density at radius 1 is 0.842 bits per heavy atom. The van der Waals surface area contributed by atoms with E-state index in [4.69, 9.17) is 15.7 Å². The van der Waals surface area contributed by atoms with Crippen LogP contribution in [0.1, 0.15) is 5.56 Å². The third kappa shape index (κ3) is 4.03. The molecule has 0 spiro atoms. The Hall–Kier alpha value is -5.07. The summed E-state index contributed by atoms with van der Waals surface area (Å²) in [5.41, 5.74) is 13.0. The normalized spacial score (nSPS) is 18.9. The van der Waals surface area contributed by atoms with E-state index in [1.165, 1.54) is 5.56 Å². The molecule has 0 bridgehead atoms. The van der Waals surface area contributed by atoms with Crippen molar-refractivity contribution in [3.05, 3.63) is 95.9 Å². The van der Waals surface area contributed by atoms with Gasteiger partial charge in [0.1, 0.15) is 11.3 Å². The van der Waals surface area contributed by atoms with Crippen molar-refractivity contribution in [2.24, 2.45) is 11.8 Å². The number of likely N-dealkylation sites (tertiary alicyclic amines) is 1. The molecule has 2 fully saturated rings. The molecule has 2 aliphatic heterocycles. The Bertz CT molecular complexity index is 1550. The monoisotopic (exact) mass is 729 g/mol. The predicted molar refractivity (Wildman–Crippen MR) is 147 cm³/mol. The van der Waals surface area contributed by atoms with E-state index in [9.17, 15) is 0 Å². The van der Waals surface area contributed by atoms with Gasteiger partial charge in [0.05, 0.1) is 11.3 Å². The summed E-state index contributed by atoms with van der Waals surface area (Å²) in [5, 5.41) is 4.58. The molecular weight excluding hydrogens is 705 g/mol. The number of aromatic nitrogens is 4. The standard InChI is InChI=1S/C30H28N7.Cm/c31-28-25(7-4-14-33-28)29-35-27-13-12-26(21-5-2-1-3-6-21)34-30(27)37(29)24-10-8-20(9-11-24)17-36-18-22-15-32-16-23(22)19-36;/h1-14,22-23H,15-19H2,(H2,31,33);/q-1;/t22-,23+;. The molecule has 8 heteroatoms. The minimum absolute atomic E-state index is 0. The third-order valence-electron chi connectivity index (χ3n) is 7.63. The molecule has 2 aliphatic rings. The molecule has 5 heterocycles. The van der Waals surface area contributed by atoms with Crippen molar-refractivity contribution >= 4 is 17.0 Å². The number of nitrogens with two attached hydrogens (primary N) is 1. The number of anilines is 1. The molecule has 2 saturated heterocycles. The number of nitrogen functional groups attached to an aromatic ring is 1. The van der Waals surface area contributed by atoms with Crippen LogP contribution < -0.4 is 5.73 Å². The van der Waals surface area contributed by atoms with Crippen LogP contribution in [0.15, 0.2) is 85.1 Å². The number of nitrogens with zero attached hydrogens (tertiary/aromatic N) is 6. The topological polar surface area (TPSA) is 87.0 Å². The molecule has 2 atom stereocenters. The van der Waals surface area contributed by atoms with Crippen molar-refractivity contribution < 1.29 is 0 Å². The van der Waals surface area contributed by atoms with Gasteiger partial charge in [-0.3, -0.25) is 9.47 Å². The van der Waals surface area contributed by atoms with E-state index in [0.717, 1.165) is 84.1 Å². The van der Waals surface area contributed by atoms with Gasteiger partial charge in [-0.15, -0.1) is 13.1 Å². The van der Waals surface area contributed by atoms with Gasteiger partial charge >= 0.3 is 0 Å². The van der Waals surface area contributed by atoms with Crippen LogP contribution in [0.2, 0.25) is 0 Å². The molecule has 38 heavy (non-hydrogen) atoms. The van der Waals surface area contributed by atoms with Gasteiger partial charge in [0, 0.05) is 24.0 Å². The summed E-state index contributed by atoms with van der Waals surface area (Å²) in [6.07, 6.45) is 1.70. The molecule has 3 aromatic heterocycles. The summed E-state index contributed by atoms with van der Waals surface area (Å²) >= 11 is 0. The first kappa shape index (κ1) is 23.3. The van der Waals surface area contributed by atoms with Gasteiger partial charge in [0.25, 0.3) is 0 Å². The number of rotatable bonds is 5. The summed E-state index contributed by atoms with van der Waals surface area (Å²) in [4.78, 5) is 16.9. The molecule has 0 saturated carbocycles. The van der Waals surface area contributed by atoms with Crippen LogP contribution in [0, 0.1) is 11.8 Å². The van der Waals surface area contributed by atoms with Crippen molar-refractivity contribution in [1.29, 1.82) is 0 Å². The molecule has 2 aromatic carbocycles. The second kappa shape index (κ2) is 9.42. The van der Waals surface area contributed by atoms with Crippen molar-refractivity contribution in [3.63, 3.8) is 0 Å². The van der Waals surface area contributed by atoms with Gasteiger partial charge in [0.2, 0.25) is 0 Å². The molecule has 7 nitrogen and oxygen atoms in total. The number of hydrogen-bond acceptors (Lipinski definition) is 5. The molecule has 0 amide bonds. The average Bonchev–Trinajstić information content (AvgIpc) is 3.63. The number of imidazole rings is 1. The minimum atomic E-state index is 0. The molecular formula is C30H28CmN7-. The number of pyridine rings is 2. The molecule has 192 valence electrons. The first-order valence-corrected chi connectivity index (χ1v) is 12.8. The summed E-state index contributed by atoms with van der Waals surface area (Å²) in [6.45, 7) is 5.34. The maximum atomic E-state index is 6.30. The van der Waals surface area contributed by atoms with Crippen LogP contribution in [-0.4, -0.2) is 50.6 Å². The van der Waals surface area contributed by atoms with E-state index in [1.807, 2.05) is 42.5 Å². The van der Waals surface area contributed by atoms with Gasteiger partial charge in [-0.1, -0.05) is 42.5 Å². The Kier molecular flexibility index (Phi) is 5.79. The van der Waals surface area contributed by atoms with Gasteiger partial charge in [-0.05, 0) is 66.9 Å². The zero-order valence-corrected chi connectivity index (χ0v) is 23.8. The van der Waals surface area contributed by atoms with Crippen molar-refractivity contribution in [2.45, 2.75) is 6.54 Å². The minimum Gasteiger partial charge on any atom is -0.662 e. The summed E-state index contributed by atoms with van der Waals surface area (Å²) in [7, 11) is 0. The van der Waals surface area contributed by atoms with E-state index in [-0.39, 0.29) is 0 Å². The molecule has 0 unspecified atom stereocenters. The fraction of sp³-hybridized carbons (Fsp3) is 0.233. The average molecular weight is 734 g/mol. The van der Waals surface area contributed by atoms with E-state index < -0.39 is 0 Å².